The van der Waals surface area contributed by atoms with Gasteiger partial charge in [-0.3, -0.25) is 10.1 Å². The topological polar surface area (TPSA) is 72.6 Å². The standard InChI is InChI=1S/C10H13NO4/c1-8-9(11(13)14)4-2-5-10(8)15-7-3-6-12/h2,4-5,12H,3,6-7H2,1H3. The van der Waals surface area contributed by atoms with Gasteiger partial charge in [0.05, 0.1) is 17.1 Å². The summed E-state index contributed by atoms with van der Waals surface area (Å²) < 4.78 is 5.30. The molecule has 5 nitrogen and oxygen atoms in total. The van der Waals surface area contributed by atoms with Crippen LogP contribution in [-0.4, -0.2) is 23.2 Å². The summed E-state index contributed by atoms with van der Waals surface area (Å²) in [4.78, 5) is 10.2. The summed E-state index contributed by atoms with van der Waals surface area (Å²) in [5, 5.41) is 19.2. The fourth-order valence-corrected chi connectivity index (χ4v) is 1.20. The zero-order valence-electron chi connectivity index (χ0n) is 8.47. The Kier molecular flexibility index (Phi) is 4.05. The van der Waals surface area contributed by atoms with Crippen molar-refractivity contribution in [3.05, 3.63) is 33.9 Å². The van der Waals surface area contributed by atoms with Crippen LogP contribution in [0, 0.1) is 17.0 Å². The van der Waals surface area contributed by atoms with Crippen molar-refractivity contribution in [2.45, 2.75) is 13.3 Å². The Morgan fingerprint density at radius 1 is 1.53 bits per heavy atom. The molecule has 0 atom stereocenters. The van der Waals surface area contributed by atoms with E-state index in [1.165, 1.54) is 6.07 Å². The van der Waals surface area contributed by atoms with Gasteiger partial charge in [-0.25, -0.2) is 0 Å². The molecule has 0 unspecified atom stereocenters. The number of nitro benzene ring substituents is 1. The van der Waals surface area contributed by atoms with Crippen molar-refractivity contribution in [1.29, 1.82) is 0 Å². The first-order chi connectivity index (χ1) is 7.16. The molecule has 0 amide bonds. The van der Waals surface area contributed by atoms with Crippen LogP contribution in [0.3, 0.4) is 0 Å². The average molecular weight is 211 g/mol. The molecule has 0 aliphatic heterocycles. The highest BCUT2D eigenvalue weighted by molar-refractivity contribution is 5.48. The Bertz CT molecular complexity index is 351. The molecule has 0 saturated heterocycles. The van der Waals surface area contributed by atoms with E-state index in [1.54, 1.807) is 19.1 Å². The van der Waals surface area contributed by atoms with E-state index in [4.69, 9.17) is 9.84 Å². The summed E-state index contributed by atoms with van der Waals surface area (Å²) in [7, 11) is 0. The van der Waals surface area contributed by atoms with Crippen LogP contribution >= 0.6 is 0 Å². The van der Waals surface area contributed by atoms with Gasteiger partial charge in [-0.15, -0.1) is 0 Å². The van der Waals surface area contributed by atoms with E-state index >= 15 is 0 Å². The molecule has 0 saturated carbocycles. The second-order valence-corrected chi connectivity index (χ2v) is 3.08. The minimum absolute atomic E-state index is 0.0496. The Morgan fingerprint density at radius 3 is 2.87 bits per heavy atom. The van der Waals surface area contributed by atoms with Crippen molar-refractivity contribution in [2.75, 3.05) is 13.2 Å². The van der Waals surface area contributed by atoms with Gasteiger partial charge >= 0.3 is 0 Å². The van der Waals surface area contributed by atoms with Crippen LogP contribution in [0.5, 0.6) is 5.75 Å². The fraction of sp³-hybridized carbons (Fsp3) is 0.400. The van der Waals surface area contributed by atoms with Crippen molar-refractivity contribution in [3.63, 3.8) is 0 Å². The molecule has 82 valence electrons. The van der Waals surface area contributed by atoms with Gasteiger partial charge in [0.1, 0.15) is 5.75 Å². The minimum atomic E-state index is -0.436. The molecule has 5 heteroatoms. The van der Waals surface area contributed by atoms with Crippen LogP contribution in [-0.2, 0) is 0 Å². The monoisotopic (exact) mass is 211 g/mol. The van der Waals surface area contributed by atoms with Crippen LogP contribution in [0.2, 0.25) is 0 Å². The molecular weight excluding hydrogens is 198 g/mol. The first-order valence-corrected chi connectivity index (χ1v) is 4.64. The van der Waals surface area contributed by atoms with E-state index in [0.29, 0.717) is 24.3 Å². The largest absolute Gasteiger partial charge is 0.493 e. The Labute approximate surface area is 87.5 Å². The number of aliphatic hydroxyl groups is 1. The maximum absolute atomic E-state index is 10.6. The Balaban J connectivity index is 2.80. The third kappa shape index (κ3) is 2.92. The average Bonchev–Trinajstić information content (AvgIpc) is 2.20. The number of aliphatic hydroxyl groups excluding tert-OH is 1. The second-order valence-electron chi connectivity index (χ2n) is 3.08. The fourth-order valence-electron chi connectivity index (χ4n) is 1.20. The van der Waals surface area contributed by atoms with Crippen LogP contribution in [0.15, 0.2) is 18.2 Å². The lowest BCUT2D eigenvalue weighted by atomic mass is 10.2. The van der Waals surface area contributed by atoms with Crippen molar-refractivity contribution in [1.82, 2.24) is 0 Å². The highest BCUT2D eigenvalue weighted by atomic mass is 16.6. The summed E-state index contributed by atoms with van der Waals surface area (Å²) in [6.07, 6.45) is 0.516. The number of ether oxygens (including phenoxy) is 1. The molecule has 1 aromatic rings. The van der Waals surface area contributed by atoms with E-state index in [2.05, 4.69) is 0 Å². The van der Waals surface area contributed by atoms with Gasteiger partial charge in [-0.2, -0.15) is 0 Å². The molecule has 1 rings (SSSR count). The maximum Gasteiger partial charge on any atom is 0.276 e. The van der Waals surface area contributed by atoms with Crippen LogP contribution in [0.25, 0.3) is 0 Å². The van der Waals surface area contributed by atoms with Crippen LogP contribution < -0.4 is 4.74 Å². The second kappa shape index (κ2) is 5.31. The number of rotatable bonds is 5. The van der Waals surface area contributed by atoms with Gasteiger partial charge in [0, 0.05) is 19.1 Å². The molecule has 0 aliphatic carbocycles. The van der Waals surface area contributed by atoms with Gasteiger partial charge in [-0.1, -0.05) is 6.07 Å². The minimum Gasteiger partial charge on any atom is -0.493 e. The number of nitrogens with zero attached hydrogens (tertiary/aromatic N) is 1. The van der Waals surface area contributed by atoms with Gasteiger partial charge in [0.2, 0.25) is 0 Å². The molecular formula is C10H13NO4. The van der Waals surface area contributed by atoms with Crippen molar-refractivity contribution < 1.29 is 14.8 Å². The third-order valence-corrected chi connectivity index (χ3v) is 2.01. The van der Waals surface area contributed by atoms with Crippen molar-refractivity contribution in [2.24, 2.45) is 0 Å². The third-order valence-electron chi connectivity index (χ3n) is 2.01. The Hall–Kier alpha value is -1.62. The first kappa shape index (κ1) is 11.5. The predicted octanol–water partition coefficient (Wildman–Crippen LogP) is 1.66. The van der Waals surface area contributed by atoms with Crippen LogP contribution in [0.4, 0.5) is 5.69 Å². The molecule has 0 heterocycles. The first-order valence-electron chi connectivity index (χ1n) is 4.64. The highest BCUT2D eigenvalue weighted by Gasteiger charge is 2.13. The quantitative estimate of drug-likeness (QED) is 0.456. The zero-order chi connectivity index (χ0) is 11.3. The normalized spacial score (nSPS) is 10.0. The molecule has 0 aliphatic rings. The molecule has 1 N–H and O–H groups in total. The molecule has 15 heavy (non-hydrogen) atoms. The summed E-state index contributed by atoms with van der Waals surface area (Å²) in [6, 6.07) is 4.70. The summed E-state index contributed by atoms with van der Waals surface area (Å²) in [5.74, 6) is 0.498. The number of nitro groups is 1. The zero-order valence-corrected chi connectivity index (χ0v) is 8.47. The highest BCUT2D eigenvalue weighted by Crippen LogP contribution is 2.26. The molecule has 1 aromatic carbocycles. The summed E-state index contributed by atoms with van der Waals surface area (Å²) >= 11 is 0. The summed E-state index contributed by atoms with van der Waals surface area (Å²) in [6.45, 7) is 2.05. The lowest BCUT2D eigenvalue weighted by Crippen LogP contribution is -2.02. The SMILES string of the molecule is Cc1c(OCCCO)cccc1[N+](=O)[O-]. The van der Waals surface area contributed by atoms with Gasteiger partial charge in [0.15, 0.2) is 0 Å². The van der Waals surface area contributed by atoms with Gasteiger partial charge < -0.3 is 9.84 Å². The summed E-state index contributed by atoms with van der Waals surface area (Å²) in [5.41, 5.74) is 0.567. The van der Waals surface area contributed by atoms with Crippen molar-refractivity contribution in [3.8, 4) is 5.75 Å². The van der Waals surface area contributed by atoms with Crippen LogP contribution in [0.1, 0.15) is 12.0 Å². The smallest absolute Gasteiger partial charge is 0.276 e. The van der Waals surface area contributed by atoms with E-state index < -0.39 is 4.92 Å². The number of hydrogen-bond acceptors (Lipinski definition) is 4. The lowest BCUT2D eigenvalue weighted by molar-refractivity contribution is -0.385. The molecule has 0 radical (unpaired) electrons. The molecule has 0 bridgehead atoms. The maximum atomic E-state index is 10.6. The van der Waals surface area contributed by atoms with E-state index in [-0.39, 0.29) is 12.3 Å². The number of hydrogen-bond donors (Lipinski definition) is 1. The predicted molar refractivity (Wildman–Crippen MR) is 55.0 cm³/mol. The van der Waals surface area contributed by atoms with Gasteiger partial charge in [0.25, 0.3) is 5.69 Å². The molecule has 0 fully saturated rings. The van der Waals surface area contributed by atoms with E-state index in [9.17, 15) is 10.1 Å². The van der Waals surface area contributed by atoms with Gasteiger partial charge in [-0.05, 0) is 13.0 Å². The van der Waals surface area contributed by atoms with E-state index in [1.807, 2.05) is 0 Å². The lowest BCUT2D eigenvalue weighted by Gasteiger charge is -2.07. The number of benzene rings is 1. The molecule has 0 spiro atoms. The molecule has 0 aromatic heterocycles. The van der Waals surface area contributed by atoms with E-state index in [0.717, 1.165) is 0 Å². The van der Waals surface area contributed by atoms with Crippen molar-refractivity contribution >= 4 is 5.69 Å². The Morgan fingerprint density at radius 2 is 2.27 bits per heavy atom.